The molecule has 0 bridgehead atoms. The molecule has 0 spiro atoms. The van der Waals surface area contributed by atoms with Gasteiger partial charge in [-0.3, -0.25) is 4.98 Å². The van der Waals surface area contributed by atoms with Gasteiger partial charge in [-0.2, -0.15) is 0 Å². The van der Waals surface area contributed by atoms with Crippen LogP contribution in [-0.2, 0) is 6.54 Å². The number of rotatable bonds is 4. The first kappa shape index (κ1) is 15.4. The highest BCUT2D eigenvalue weighted by molar-refractivity contribution is 5.65. The SMILES string of the molecule is CN(c1ccc(F)cc1)c1ccncc1CNC(C)(C)C. The molecule has 0 aliphatic carbocycles. The Balaban J connectivity index is 2.24. The van der Waals surface area contributed by atoms with Gasteiger partial charge in [0.25, 0.3) is 0 Å². The second-order valence-electron chi connectivity index (χ2n) is 6.14. The summed E-state index contributed by atoms with van der Waals surface area (Å²) in [6.45, 7) is 7.13. The van der Waals surface area contributed by atoms with Crippen LogP contribution in [0.2, 0.25) is 0 Å². The van der Waals surface area contributed by atoms with E-state index < -0.39 is 0 Å². The predicted molar refractivity (Wildman–Crippen MR) is 85.3 cm³/mol. The van der Waals surface area contributed by atoms with E-state index in [1.807, 2.05) is 24.2 Å². The lowest BCUT2D eigenvalue weighted by molar-refractivity contribution is 0.424. The van der Waals surface area contributed by atoms with Crippen LogP contribution in [0, 0.1) is 5.82 Å². The van der Waals surface area contributed by atoms with Crippen molar-refractivity contribution in [3.05, 3.63) is 54.1 Å². The van der Waals surface area contributed by atoms with Gasteiger partial charge in [-0.05, 0) is 51.1 Å². The van der Waals surface area contributed by atoms with Gasteiger partial charge in [0.05, 0.1) is 0 Å². The molecule has 2 rings (SSSR count). The Labute approximate surface area is 125 Å². The van der Waals surface area contributed by atoms with E-state index in [-0.39, 0.29) is 11.4 Å². The zero-order valence-electron chi connectivity index (χ0n) is 13.0. The average molecular weight is 287 g/mol. The van der Waals surface area contributed by atoms with Gasteiger partial charge in [0, 0.05) is 48.5 Å². The van der Waals surface area contributed by atoms with E-state index >= 15 is 0 Å². The van der Waals surface area contributed by atoms with Crippen LogP contribution in [0.5, 0.6) is 0 Å². The van der Waals surface area contributed by atoms with Crippen LogP contribution in [0.15, 0.2) is 42.7 Å². The molecule has 3 nitrogen and oxygen atoms in total. The lowest BCUT2D eigenvalue weighted by atomic mass is 10.1. The van der Waals surface area contributed by atoms with Crippen molar-refractivity contribution in [2.75, 3.05) is 11.9 Å². The maximum atomic E-state index is 13.0. The van der Waals surface area contributed by atoms with Gasteiger partial charge >= 0.3 is 0 Å². The summed E-state index contributed by atoms with van der Waals surface area (Å²) in [6, 6.07) is 8.47. The molecule has 0 unspecified atom stereocenters. The van der Waals surface area contributed by atoms with Crippen LogP contribution in [0.1, 0.15) is 26.3 Å². The Hall–Kier alpha value is -1.94. The fraction of sp³-hybridized carbons (Fsp3) is 0.353. The molecule has 112 valence electrons. The fourth-order valence-electron chi connectivity index (χ4n) is 2.05. The minimum absolute atomic E-state index is 0.0432. The number of pyridine rings is 1. The van der Waals surface area contributed by atoms with Crippen molar-refractivity contribution >= 4 is 11.4 Å². The molecule has 1 aromatic carbocycles. The number of benzene rings is 1. The van der Waals surface area contributed by atoms with Crippen LogP contribution in [-0.4, -0.2) is 17.6 Å². The minimum atomic E-state index is -0.225. The van der Waals surface area contributed by atoms with Crippen LogP contribution < -0.4 is 10.2 Å². The zero-order valence-corrected chi connectivity index (χ0v) is 13.0. The summed E-state index contributed by atoms with van der Waals surface area (Å²) in [6.07, 6.45) is 3.64. The van der Waals surface area contributed by atoms with E-state index in [2.05, 4.69) is 31.1 Å². The number of aromatic nitrogens is 1. The molecule has 1 heterocycles. The second-order valence-corrected chi connectivity index (χ2v) is 6.14. The third kappa shape index (κ3) is 4.26. The van der Waals surface area contributed by atoms with Gasteiger partial charge in [0.1, 0.15) is 5.82 Å². The van der Waals surface area contributed by atoms with Crippen LogP contribution in [0.4, 0.5) is 15.8 Å². The highest BCUT2D eigenvalue weighted by atomic mass is 19.1. The number of nitrogens with zero attached hydrogens (tertiary/aromatic N) is 2. The Kier molecular flexibility index (Phi) is 4.58. The largest absolute Gasteiger partial charge is 0.344 e. The van der Waals surface area contributed by atoms with Gasteiger partial charge < -0.3 is 10.2 Å². The molecule has 0 aliphatic rings. The summed E-state index contributed by atoms with van der Waals surface area (Å²) in [5, 5.41) is 3.47. The smallest absolute Gasteiger partial charge is 0.123 e. The lowest BCUT2D eigenvalue weighted by Gasteiger charge is -2.25. The Morgan fingerprint density at radius 1 is 1.14 bits per heavy atom. The van der Waals surface area contributed by atoms with Gasteiger partial charge in [-0.25, -0.2) is 4.39 Å². The van der Waals surface area contributed by atoms with Crippen molar-refractivity contribution in [3.8, 4) is 0 Å². The molecule has 0 fully saturated rings. The summed E-state index contributed by atoms with van der Waals surface area (Å²) >= 11 is 0. The molecule has 0 saturated carbocycles. The highest BCUT2D eigenvalue weighted by Crippen LogP contribution is 2.26. The Bertz CT molecular complexity index is 588. The first-order valence-electron chi connectivity index (χ1n) is 7.04. The quantitative estimate of drug-likeness (QED) is 0.925. The summed E-state index contributed by atoms with van der Waals surface area (Å²) in [7, 11) is 1.98. The van der Waals surface area contributed by atoms with E-state index in [9.17, 15) is 4.39 Å². The molecule has 2 aromatic rings. The fourth-order valence-corrected chi connectivity index (χ4v) is 2.05. The summed E-state index contributed by atoms with van der Waals surface area (Å²) in [4.78, 5) is 6.25. The van der Waals surface area contributed by atoms with Crippen LogP contribution >= 0.6 is 0 Å². The summed E-state index contributed by atoms with van der Waals surface area (Å²) in [5.41, 5.74) is 3.16. The van der Waals surface area contributed by atoms with E-state index in [1.54, 1.807) is 18.3 Å². The number of hydrogen-bond acceptors (Lipinski definition) is 3. The summed E-state index contributed by atoms with van der Waals surface area (Å²) < 4.78 is 13.0. The first-order chi connectivity index (χ1) is 9.87. The van der Waals surface area contributed by atoms with Crippen LogP contribution in [0.3, 0.4) is 0 Å². The molecular formula is C17H22FN3. The number of hydrogen-bond donors (Lipinski definition) is 1. The average Bonchev–Trinajstić information content (AvgIpc) is 2.45. The van der Waals surface area contributed by atoms with Gasteiger partial charge in [-0.1, -0.05) is 0 Å². The van der Waals surface area contributed by atoms with Crippen molar-refractivity contribution in [1.82, 2.24) is 10.3 Å². The molecular weight excluding hydrogens is 265 g/mol. The van der Waals surface area contributed by atoms with E-state index in [1.165, 1.54) is 12.1 Å². The molecule has 0 saturated heterocycles. The van der Waals surface area contributed by atoms with Crippen molar-refractivity contribution < 1.29 is 4.39 Å². The van der Waals surface area contributed by atoms with Crippen molar-refractivity contribution in [1.29, 1.82) is 0 Å². The third-order valence-electron chi connectivity index (χ3n) is 3.26. The third-order valence-corrected chi connectivity index (χ3v) is 3.26. The van der Waals surface area contributed by atoms with Crippen LogP contribution in [0.25, 0.3) is 0 Å². The monoisotopic (exact) mass is 287 g/mol. The number of anilines is 2. The zero-order chi connectivity index (χ0) is 15.5. The molecule has 0 radical (unpaired) electrons. The standard InChI is InChI=1S/C17H22FN3/c1-17(2,3)20-12-13-11-19-10-9-16(13)21(4)15-7-5-14(18)6-8-15/h5-11,20H,12H2,1-4H3. The molecule has 21 heavy (non-hydrogen) atoms. The Morgan fingerprint density at radius 2 is 1.81 bits per heavy atom. The van der Waals surface area contributed by atoms with E-state index in [0.29, 0.717) is 0 Å². The topological polar surface area (TPSA) is 28.2 Å². The molecule has 4 heteroatoms. The molecule has 1 N–H and O–H groups in total. The van der Waals surface area contributed by atoms with Crippen molar-refractivity contribution in [2.24, 2.45) is 0 Å². The molecule has 0 amide bonds. The van der Waals surface area contributed by atoms with E-state index in [4.69, 9.17) is 0 Å². The van der Waals surface area contributed by atoms with Crippen molar-refractivity contribution in [3.63, 3.8) is 0 Å². The maximum Gasteiger partial charge on any atom is 0.123 e. The van der Waals surface area contributed by atoms with Crippen molar-refractivity contribution in [2.45, 2.75) is 32.9 Å². The molecule has 0 aliphatic heterocycles. The molecule has 1 aromatic heterocycles. The normalized spacial score (nSPS) is 11.5. The maximum absolute atomic E-state index is 13.0. The molecule has 0 atom stereocenters. The van der Waals surface area contributed by atoms with E-state index in [0.717, 1.165) is 23.5 Å². The lowest BCUT2D eigenvalue weighted by Crippen LogP contribution is -2.35. The number of halogens is 1. The van der Waals surface area contributed by atoms with Gasteiger partial charge in [-0.15, -0.1) is 0 Å². The number of nitrogens with one attached hydrogen (secondary N) is 1. The Morgan fingerprint density at radius 3 is 2.43 bits per heavy atom. The minimum Gasteiger partial charge on any atom is -0.344 e. The first-order valence-corrected chi connectivity index (χ1v) is 7.04. The highest BCUT2D eigenvalue weighted by Gasteiger charge is 2.13. The second kappa shape index (κ2) is 6.22. The van der Waals surface area contributed by atoms with Gasteiger partial charge in [0.15, 0.2) is 0 Å². The summed E-state index contributed by atoms with van der Waals surface area (Å²) in [5.74, 6) is -0.225. The van der Waals surface area contributed by atoms with Gasteiger partial charge in [0.2, 0.25) is 0 Å². The predicted octanol–water partition coefficient (Wildman–Crippen LogP) is 3.88.